The summed E-state index contributed by atoms with van der Waals surface area (Å²) in [7, 11) is 0. The first-order chi connectivity index (χ1) is 14.0. The van der Waals surface area contributed by atoms with Crippen molar-refractivity contribution in [2.75, 3.05) is 23.8 Å². The van der Waals surface area contributed by atoms with E-state index < -0.39 is 12.6 Å². The average Bonchev–Trinajstić information content (AvgIpc) is 2.87. The highest BCUT2D eigenvalue weighted by atomic mass is 16.5. The van der Waals surface area contributed by atoms with Crippen molar-refractivity contribution in [3.8, 4) is 11.5 Å². The second kappa shape index (κ2) is 9.09. The van der Waals surface area contributed by atoms with Crippen molar-refractivity contribution < 1.29 is 29.0 Å². The van der Waals surface area contributed by atoms with Gasteiger partial charge in [0.15, 0.2) is 18.1 Å². The first-order valence-corrected chi connectivity index (χ1v) is 9.32. The molecule has 8 heteroatoms. The molecule has 2 amide bonds. The molecule has 0 aliphatic carbocycles. The van der Waals surface area contributed by atoms with E-state index >= 15 is 0 Å². The predicted octanol–water partition coefficient (Wildman–Crippen LogP) is 3.08. The highest BCUT2D eigenvalue weighted by Crippen LogP contribution is 2.30. The van der Waals surface area contributed by atoms with Crippen LogP contribution in [0.25, 0.3) is 0 Å². The topological polar surface area (TPSA) is 114 Å². The van der Waals surface area contributed by atoms with E-state index in [0.29, 0.717) is 30.0 Å². The number of hydrogen-bond acceptors (Lipinski definition) is 5. The van der Waals surface area contributed by atoms with Crippen molar-refractivity contribution in [2.45, 2.75) is 26.2 Å². The van der Waals surface area contributed by atoms with Crippen LogP contribution < -0.4 is 20.1 Å². The fourth-order valence-corrected chi connectivity index (χ4v) is 3.03. The summed E-state index contributed by atoms with van der Waals surface area (Å²) in [5.41, 5.74) is 2.71. The summed E-state index contributed by atoms with van der Waals surface area (Å²) in [6, 6.07) is 9.93. The number of rotatable bonds is 7. The number of aliphatic carboxylic acids is 1. The van der Waals surface area contributed by atoms with Gasteiger partial charge in [0.1, 0.15) is 0 Å². The molecule has 1 aliphatic rings. The minimum atomic E-state index is -1.10. The quantitative estimate of drug-likeness (QED) is 0.660. The van der Waals surface area contributed by atoms with Crippen LogP contribution in [0.15, 0.2) is 36.4 Å². The lowest BCUT2D eigenvalue weighted by molar-refractivity contribution is -0.139. The molecular formula is C21H22N2O6. The minimum Gasteiger partial charge on any atom is -0.490 e. The molecule has 3 N–H and O–H groups in total. The van der Waals surface area contributed by atoms with Gasteiger partial charge in [-0.05, 0) is 61.7 Å². The number of hydrogen-bond donors (Lipinski definition) is 3. The lowest BCUT2D eigenvalue weighted by atomic mass is 10.1. The molecule has 3 rings (SSSR count). The monoisotopic (exact) mass is 398 g/mol. The summed E-state index contributed by atoms with van der Waals surface area (Å²) in [5.74, 6) is -0.895. The third kappa shape index (κ3) is 5.25. The van der Waals surface area contributed by atoms with Crippen molar-refractivity contribution in [3.63, 3.8) is 0 Å². The van der Waals surface area contributed by atoms with Crippen LogP contribution in [0.4, 0.5) is 11.4 Å². The smallest absolute Gasteiger partial charge is 0.341 e. The number of carbonyl (C=O) groups is 3. The fraction of sp³-hybridized carbons (Fsp3) is 0.286. The molecule has 1 aliphatic heterocycles. The SMILES string of the molecule is CCOc1cc(C(=O)Nc2ccc3c(c2)CCCC(=O)N3)ccc1OCC(=O)O. The Morgan fingerprint density at radius 3 is 2.69 bits per heavy atom. The summed E-state index contributed by atoms with van der Waals surface area (Å²) in [6.45, 7) is 1.62. The summed E-state index contributed by atoms with van der Waals surface area (Å²) in [5, 5.41) is 14.5. The van der Waals surface area contributed by atoms with E-state index in [0.717, 1.165) is 24.1 Å². The van der Waals surface area contributed by atoms with Crippen LogP contribution in [0.3, 0.4) is 0 Å². The van der Waals surface area contributed by atoms with Gasteiger partial charge in [0.25, 0.3) is 5.91 Å². The second-order valence-electron chi connectivity index (χ2n) is 6.50. The fourth-order valence-electron chi connectivity index (χ4n) is 3.03. The Bertz CT molecular complexity index is 941. The van der Waals surface area contributed by atoms with Gasteiger partial charge in [-0.1, -0.05) is 0 Å². The van der Waals surface area contributed by atoms with Crippen LogP contribution in [-0.4, -0.2) is 36.1 Å². The van der Waals surface area contributed by atoms with Crippen LogP contribution >= 0.6 is 0 Å². The number of fused-ring (bicyclic) bond motifs is 1. The molecule has 0 radical (unpaired) electrons. The number of anilines is 2. The van der Waals surface area contributed by atoms with Crippen molar-refractivity contribution in [3.05, 3.63) is 47.5 Å². The Hall–Kier alpha value is -3.55. The van der Waals surface area contributed by atoms with Gasteiger partial charge < -0.3 is 25.2 Å². The van der Waals surface area contributed by atoms with Crippen LogP contribution in [0.1, 0.15) is 35.7 Å². The van der Waals surface area contributed by atoms with Crippen LogP contribution in [0.5, 0.6) is 11.5 Å². The first kappa shape index (κ1) is 20.2. The number of nitrogens with one attached hydrogen (secondary N) is 2. The standard InChI is InChI=1S/C21H22N2O6/c1-2-28-18-11-14(6-9-17(18)29-12-20(25)26)21(27)22-15-7-8-16-13(10-15)4-3-5-19(24)23-16/h6-11H,2-5,12H2,1H3,(H,22,27)(H,23,24)(H,25,26). The van der Waals surface area contributed by atoms with Crippen molar-refractivity contribution in [2.24, 2.45) is 0 Å². The Kier molecular flexibility index (Phi) is 6.33. The molecule has 1 heterocycles. The third-order valence-corrected chi connectivity index (χ3v) is 4.34. The van der Waals surface area contributed by atoms with Gasteiger partial charge in [0.05, 0.1) is 6.61 Å². The van der Waals surface area contributed by atoms with Crippen LogP contribution in [0, 0.1) is 0 Å². The average molecular weight is 398 g/mol. The minimum absolute atomic E-state index is 0.00537. The molecule has 0 saturated heterocycles. The van der Waals surface area contributed by atoms with Crippen molar-refractivity contribution in [1.29, 1.82) is 0 Å². The molecule has 152 valence electrons. The van der Waals surface area contributed by atoms with Gasteiger partial charge >= 0.3 is 5.97 Å². The van der Waals surface area contributed by atoms with Gasteiger partial charge in [0.2, 0.25) is 5.91 Å². The molecule has 0 saturated carbocycles. The number of ether oxygens (including phenoxy) is 2. The summed E-state index contributed by atoms with van der Waals surface area (Å²) < 4.78 is 10.7. The molecule has 0 unspecified atom stereocenters. The predicted molar refractivity (Wildman–Crippen MR) is 107 cm³/mol. The molecule has 2 aromatic rings. The first-order valence-electron chi connectivity index (χ1n) is 9.32. The van der Waals surface area contributed by atoms with E-state index in [1.54, 1.807) is 25.1 Å². The molecule has 0 aromatic heterocycles. The van der Waals surface area contributed by atoms with Gasteiger partial charge in [-0.2, -0.15) is 0 Å². The second-order valence-corrected chi connectivity index (χ2v) is 6.50. The Balaban J connectivity index is 1.76. The zero-order valence-electron chi connectivity index (χ0n) is 16.0. The number of benzene rings is 2. The molecular weight excluding hydrogens is 376 g/mol. The van der Waals surface area contributed by atoms with Gasteiger partial charge in [-0.3, -0.25) is 9.59 Å². The van der Waals surface area contributed by atoms with Crippen LogP contribution in [0.2, 0.25) is 0 Å². The van der Waals surface area contributed by atoms with E-state index in [-0.39, 0.29) is 17.6 Å². The Morgan fingerprint density at radius 2 is 1.93 bits per heavy atom. The normalized spacial score (nSPS) is 12.9. The van der Waals surface area contributed by atoms with Crippen molar-refractivity contribution in [1.82, 2.24) is 0 Å². The maximum absolute atomic E-state index is 12.7. The van der Waals surface area contributed by atoms with Gasteiger partial charge in [0, 0.05) is 23.4 Å². The zero-order valence-corrected chi connectivity index (χ0v) is 16.0. The summed E-state index contributed by atoms with van der Waals surface area (Å²) >= 11 is 0. The molecule has 0 spiro atoms. The molecule has 29 heavy (non-hydrogen) atoms. The highest BCUT2D eigenvalue weighted by molar-refractivity contribution is 6.05. The lowest BCUT2D eigenvalue weighted by Crippen LogP contribution is -2.14. The molecule has 0 bridgehead atoms. The van der Waals surface area contributed by atoms with E-state index in [9.17, 15) is 14.4 Å². The zero-order chi connectivity index (χ0) is 20.8. The largest absolute Gasteiger partial charge is 0.490 e. The molecule has 0 fully saturated rings. The number of aryl methyl sites for hydroxylation is 1. The maximum Gasteiger partial charge on any atom is 0.341 e. The van der Waals surface area contributed by atoms with E-state index in [1.807, 2.05) is 6.07 Å². The van der Waals surface area contributed by atoms with Crippen molar-refractivity contribution >= 4 is 29.2 Å². The highest BCUT2D eigenvalue weighted by Gasteiger charge is 2.16. The molecule has 2 aromatic carbocycles. The number of carboxylic acid groups (broad SMARTS) is 1. The number of carbonyl (C=O) groups excluding carboxylic acids is 2. The summed E-state index contributed by atoms with van der Waals surface area (Å²) in [6.07, 6.45) is 1.99. The molecule has 0 atom stereocenters. The van der Waals surface area contributed by atoms with Crippen LogP contribution in [-0.2, 0) is 16.0 Å². The van der Waals surface area contributed by atoms with E-state index in [1.165, 1.54) is 12.1 Å². The molecule has 8 nitrogen and oxygen atoms in total. The summed E-state index contributed by atoms with van der Waals surface area (Å²) in [4.78, 5) is 35.0. The number of amides is 2. The maximum atomic E-state index is 12.7. The van der Waals surface area contributed by atoms with E-state index in [2.05, 4.69) is 10.6 Å². The van der Waals surface area contributed by atoms with Gasteiger partial charge in [-0.25, -0.2) is 4.79 Å². The third-order valence-electron chi connectivity index (χ3n) is 4.34. The lowest BCUT2D eigenvalue weighted by Gasteiger charge is -2.13. The van der Waals surface area contributed by atoms with E-state index in [4.69, 9.17) is 14.6 Å². The van der Waals surface area contributed by atoms with Gasteiger partial charge in [-0.15, -0.1) is 0 Å². The Morgan fingerprint density at radius 1 is 1.10 bits per heavy atom. The Labute approximate surface area is 167 Å². The number of carboxylic acids is 1.